The highest BCUT2D eigenvalue weighted by atomic mass is 19.1. The number of benzene rings is 1. The Morgan fingerprint density at radius 3 is 3.04 bits per heavy atom. The van der Waals surface area contributed by atoms with Crippen molar-refractivity contribution in [2.75, 3.05) is 18.0 Å². The third kappa shape index (κ3) is 2.33. The van der Waals surface area contributed by atoms with Crippen molar-refractivity contribution in [3.8, 4) is 17.2 Å². The number of nitrogens with zero attached hydrogens (tertiary/aromatic N) is 3. The van der Waals surface area contributed by atoms with Crippen LogP contribution in [0.4, 0.5) is 10.1 Å². The SMILES string of the molecule is N#Cc1cccc(-c2c[nH]c3nccc(N4CC[C@@H](F)C4)c23)c1. The lowest BCUT2D eigenvalue weighted by Gasteiger charge is -2.19. The van der Waals surface area contributed by atoms with Crippen LogP contribution >= 0.6 is 0 Å². The van der Waals surface area contributed by atoms with Crippen molar-refractivity contribution in [1.29, 1.82) is 5.26 Å². The molecule has 0 aliphatic carbocycles. The van der Waals surface area contributed by atoms with Crippen molar-refractivity contribution < 1.29 is 4.39 Å². The number of rotatable bonds is 2. The first kappa shape index (κ1) is 13.8. The van der Waals surface area contributed by atoms with Crippen LogP contribution in [0.2, 0.25) is 0 Å². The minimum atomic E-state index is -0.775. The summed E-state index contributed by atoms with van der Waals surface area (Å²) in [6.45, 7) is 1.13. The van der Waals surface area contributed by atoms with Crippen molar-refractivity contribution in [2.45, 2.75) is 12.6 Å². The van der Waals surface area contributed by atoms with E-state index in [4.69, 9.17) is 5.26 Å². The van der Waals surface area contributed by atoms with E-state index in [0.717, 1.165) is 27.8 Å². The topological polar surface area (TPSA) is 55.7 Å². The lowest BCUT2D eigenvalue weighted by atomic mass is 10.0. The van der Waals surface area contributed by atoms with Gasteiger partial charge in [0.25, 0.3) is 0 Å². The molecule has 23 heavy (non-hydrogen) atoms. The van der Waals surface area contributed by atoms with E-state index < -0.39 is 6.17 Å². The Morgan fingerprint density at radius 1 is 1.35 bits per heavy atom. The van der Waals surface area contributed by atoms with Crippen molar-refractivity contribution >= 4 is 16.7 Å². The molecule has 0 saturated carbocycles. The van der Waals surface area contributed by atoms with Gasteiger partial charge in [0, 0.05) is 36.4 Å². The smallest absolute Gasteiger partial charge is 0.139 e. The van der Waals surface area contributed by atoms with Crippen LogP contribution in [0, 0.1) is 11.3 Å². The molecular weight excluding hydrogens is 291 g/mol. The number of nitriles is 1. The Hall–Kier alpha value is -2.87. The fourth-order valence-electron chi connectivity index (χ4n) is 3.22. The molecule has 4 rings (SSSR count). The monoisotopic (exact) mass is 306 g/mol. The maximum atomic E-state index is 13.6. The van der Waals surface area contributed by atoms with Gasteiger partial charge in [-0.3, -0.25) is 0 Å². The van der Waals surface area contributed by atoms with E-state index in [-0.39, 0.29) is 0 Å². The molecule has 5 heteroatoms. The van der Waals surface area contributed by atoms with Crippen LogP contribution in [0.1, 0.15) is 12.0 Å². The maximum absolute atomic E-state index is 13.6. The molecule has 1 fully saturated rings. The minimum Gasteiger partial charge on any atom is -0.368 e. The molecule has 0 unspecified atom stereocenters. The summed E-state index contributed by atoms with van der Waals surface area (Å²) in [4.78, 5) is 9.63. The van der Waals surface area contributed by atoms with Crippen molar-refractivity contribution in [3.05, 3.63) is 48.3 Å². The lowest BCUT2D eigenvalue weighted by molar-refractivity contribution is 0.364. The van der Waals surface area contributed by atoms with Crippen molar-refractivity contribution in [3.63, 3.8) is 0 Å². The third-order valence-corrected chi connectivity index (χ3v) is 4.33. The molecular formula is C18H15FN4. The highest BCUT2D eigenvalue weighted by Crippen LogP contribution is 2.36. The highest BCUT2D eigenvalue weighted by Gasteiger charge is 2.24. The molecule has 1 atom stereocenters. The van der Waals surface area contributed by atoms with Crippen LogP contribution in [-0.2, 0) is 0 Å². The highest BCUT2D eigenvalue weighted by molar-refractivity contribution is 6.02. The van der Waals surface area contributed by atoms with Crippen LogP contribution in [-0.4, -0.2) is 29.2 Å². The van der Waals surface area contributed by atoms with Gasteiger partial charge in [0.1, 0.15) is 11.8 Å². The number of hydrogen-bond donors (Lipinski definition) is 1. The molecule has 1 aromatic carbocycles. The second-order valence-electron chi connectivity index (χ2n) is 5.78. The number of aromatic nitrogens is 2. The molecule has 1 N–H and O–H groups in total. The Labute approximate surface area is 133 Å². The van der Waals surface area contributed by atoms with Crippen LogP contribution in [0.3, 0.4) is 0 Å². The summed E-state index contributed by atoms with van der Waals surface area (Å²) < 4.78 is 13.6. The fourth-order valence-corrected chi connectivity index (χ4v) is 3.22. The van der Waals surface area contributed by atoms with Gasteiger partial charge in [0.15, 0.2) is 0 Å². The molecule has 1 saturated heterocycles. The van der Waals surface area contributed by atoms with E-state index in [1.54, 1.807) is 12.3 Å². The van der Waals surface area contributed by atoms with Gasteiger partial charge in [-0.25, -0.2) is 9.37 Å². The predicted octanol–water partition coefficient (Wildman–Crippen LogP) is 3.65. The summed E-state index contributed by atoms with van der Waals surface area (Å²) in [6, 6.07) is 11.6. The molecule has 4 nitrogen and oxygen atoms in total. The number of alkyl halides is 1. The fraction of sp³-hybridized carbons (Fsp3) is 0.222. The first-order valence-corrected chi connectivity index (χ1v) is 7.62. The summed E-state index contributed by atoms with van der Waals surface area (Å²) in [5.41, 5.74) is 4.34. The summed E-state index contributed by atoms with van der Waals surface area (Å²) in [5.74, 6) is 0. The number of H-pyrrole nitrogens is 1. The molecule has 0 radical (unpaired) electrons. The van der Waals surface area contributed by atoms with Gasteiger partial charge < -0.3 is 9.88 Å². The van der Waals surface area contributed by atoms with Gasteiger partial charge in [0.2, 0.25) is 0 Å². The molecule has 1 aliphatic rings. The Morgan fingerprint density at radius 2 is 2.26 bits per heavy atom. The molecule has 2 aromatic heterocycles. The summed E-state index contributed by atoms with van der Waals surface area (Å²) in [6.07, 6.45) is 3.44. The second kappa shape index (κ2) is 5.40. The number of halogens is 1. The molecule has 1 aliphatic heterocycles. The Kier molecular flexibility index (Phi) is 3.23. The van der Waals surface area contributed by atoms with E-state index in [2.05, 4.69) is 20.9 Å². The van der Waals surface area contributed by atoms with Crippen LogP contribution in [0.15, 0.2) is 42.7 Å². The summed E-state index contributed by atoms with van der Waals surface area (Å²) in [5, 5.41) is 10.1. The number of aromatic amines is 1. The minimum absolute atomic E-state index is 0.419. The van der Waals surface area contributed by atoms with Crippen LogP contribution < -0.4 is 4.90 Å². The molecule has 0 spiro atoms. The number of hydrogen-bond acceptors (Lipinski definition) is 3. The van der Waals surface area contributed by atoms with E-state index in [1.807, 2.05) is 30.5 Å². The van der Waals surface area contributed by atoms with Gasteiger partial charge in [-0.15, -0.1) is 0 Å². The van der Waals surface area contributed by atoms with Gasteiger partial charge in [-0.1, -0.05) is 12.1 Å². The standard InChI is InChI=1S/C18H15FN4/c19-14-5-7-23(11-14)16-4-6-21-18-17(16)15(10-22-18)13-3-1-2-12(8-13)9-20/h1-4,6,8,10,14H,5,7,11H2,(H,21,22)/t14-/m1/s1. The quantitative estimate of drug-likeness (QED) is 0.786. The van der Waals surface area contributed by atoms with Crippen LogP contribution in [0.25, 0.3) is 22.2 Å². The molecule has 114 valence electrons. The van der Waals surface area contributed by atoms with Crippen molar-refractivity contribution in [1.82, 2.24) is 9.97 Å². The average Bonchev–Trinajstić information content (AvgIpc) is 3.21. The summed E-state index contributed by atoms with van der Waals surface area (Å²) >= 11 is 0. The number of pyridine rings is 1. The zero-order valence-corrected chi connectivity index (χ0v) is 12.5. The number of fused-ring (bicyclic) bond motifs is 1. The zero-order valence-electron chi connectivity index (χ0n) is 12.5. The predicted molar refractivity (Wildman–Crippen MR) is 88.0 cm³/mol. The maximum Gasteiger partial charge on any atom is 0.139 e. The van der Waals surface area contributed by atoms with E-state index in [1.165, 1.54) is 0 Å². The number of nitrogens with one attached hydrogen (secondary N) is 1. The number of anilines is 1. The molecule has 3 aromatic rings. The molecule has 0 amide bonds. The summed E-state index contributed by atoms with van der Waals surface area (Å²) in [7, 11) is 0. The Bertz CT molecular complexity index is 909. The van der Waals surface area contributed by atoms with E-state index in [9.17, 15) is 4.39 Å². The first-order valence-electron chi connectivity index (χ1n) is 7.62. The molecule has 0 bridgehead atoms. The van der Waals surface area contributed by atoms with Gasteiger partial charge in [-0.05, 0) is 30.2 Å². The largest absolute Gasteiger partial charge is 0.368 e. The van der Waals surface area contributed by atoms with Crippen LogP contribution in [0.5, 0.6) is 0 Å². The second-order valence-corrected chi connectivity index (χ2v) is 5.78. The van der Waals surface area contributed by atoms with Gasteiger partial charge in [-0.2, -0.15) is 5.26 Å². The Balaban J connectivity index is 1.89. The van der Waals surface area contributed by atoms with E-state index >= 15 is 0 Å². The average molecular weight is 306 g/mol. The lowest BCUT2D eigenvalue weighted by Crippen LogP contribution is -2.20. The van der Waals surface area contributed by atoms with E-state index in [0.29, 0.717) is 25.1 Å². The van der Waals surface area contributed by atoms with Crippen molar-refractivity contribution in [2.24, 2.45) is 0 Å². The van der Waals surface area contributed by atoms with Gasteiger partial charge >= 0.3 is 0 Å². The normalized spacial score (nSPS) is 17.6. The third-order valence-electron chi connectivity index (χ3n) is 4.33. The zero-order chi connectivity index (χ0) is 15.8. The first-order chi connectivity index (χ1) is 11.3. The molecule has 3 heterocycles. The van der Waals surface area contributed by atoms with Gasteiger partial charge in [0.05, 0.1) is 17.3 Å².